The normalized spacial score (nSPS) is 10.7. The zero-order valence-electron chi connectivity index (χ0n) is 21.3. The lowest BCUT2D eigenvalue weighted by molar-refractivity contribution is 0.0949. The second-order valence-electron chi connectivity index (χ2n) is 9.02. The fourth-order valence-corrected chi connectivity index (χ4v) is 3.59. The van der Waals surface area contributed by atoms with Crippen molar-refractivity contribution in [2.24, 2.45) is 5.92 Å². The van der Waals surface area contributed by atoms with E-state index in [1.54, 1.807) is 55.6 Å². The Morgan fingerprint density at radius 2 is 1.73 bits per heavy atom. The Bertz CT molecular complexity index is 1430. The molecule has 8 heteroatoms. The molecule has 0 saturated heterocycles. The molecule has 0 fully saturated rings. The molecule has 3 aromatic carbocycles. The first-order valence-corrected chi connectivity index (χ1v) is 12.0. The predicted molar refractivity (Wildman–Crippen MR) is 145 cm³/mol. The topological polar surface area (TPSA) is 94.5 Å². The van der Waals surface area contributed by atoms with Crippen LogP contribution in [0.5, 0.6) is 17.2 Å². The zero-order valence-corrected chi connectivity index (χ0v) is 21.3. The summed E-state index contributed by atoms with van der Waals surface area (Å²) in [5, 5.41) is 10.4. The van der Waals surface area contributed by atoms with Crippen molar-refractivity contribution in [2.75, 3.05) is 19.0 Å². The molecule has 1 amide bonds. The van der Waals surface area contributed by atoms with Crippen LogP contribution in [-0.2, 0) is 0 Å². The molecule has 37 heavy (non-hydrogen) atoms. The maximum atomic E-state index is 13.6. The summed E-state index contributed by atoms with van der Waals surface area (Å²) in [6, 6.07) is 21.5. The lowest BCUT2D eigenvalue weighted by Crippen LogP contribution is -2.27. The van der Waals surface area contributed by atoms with Crippen LogP contribution in [0, 0.1) is 12.8 Å². The van der Waals surface area contributed by atoms with E-state index in [1.165, 1.54) is 10.9 Å². The second-order valence-corrected chi connectivity index (χ2v) is 9.02. The fourth-order valence-electron chi connectivity index (χ4n) is 3.59. The number of carbonyl (C=O) groups excluding carboxylic acids is 1. The molecular weight excluding hydrogens is 468 g/mol. The van der Waals surface area contributed by atoms with Crippen LogP contribution in [0.3, 0.4) is 0 Å². The molecule has 0 aliphatic heterocycles. The first-order chi connectivity index (χ1) is 17.8. The average Bonchev–Trinajstić information content (AvgIpc) is 2.90. The number of hydrogen-bond donors (Lipinski definition) is 2. The van der Waals surface area contributed by atoms with Crippen LogP contribution >= 0.6 is 0 Å². The molecule has 0 atom stereocenters. The largest absolute Gasteiger partial charge is 0.497 e. The number of nitrogens with zero attached hydrogens (tertiary/aromatic N) is 2. The number of anilines is 2. The standard InChI is InChI=1S/C29H30N4O4/c1-19(2)17-30-28(34)21-8-10-22(11-9-21)32-27-26(37-25-7-5-6-20(3)16-25)18-31-33(29(27)35)23-12-14-24(36-4)15-13-23/h5-16,18-19,32H,17H2,1-4H3,(H,30,34). The molecule has 1 aromatic heterocycles. The van der Waals surface area contributed by atoms with Gasteiger partial charge in [0.2, 0.25) is 0 Å². The summed E-state index contributed by atoms with van der Waals surface area (Å²) < 4.78 is 12.6. The minimum absolute atomic E-state index is 0.144. The maximum Gasteiger partial charge on any atom is 0.299 e. The molecule has 4 aromatic rings. The summed E-state index contributed by atoms with van der Waals surface area (Å²) in [7, 11) is 1.58. The van der Waals surface area contributed by atoms with Gasteiger partial charge < -0.3 is 20.1 Å². The molecule has 0 aliphatic rings. The van der Waals surface area contributed by atoms with Gasteiger partial charge in [0, 0.05) is 17.8 Å². The number of amides is 1. The van der Waals surface area contributed by atoms with Gasteiger partial charge in [-0.3, -0.25) is 9.59 Å². The van der Waals surface area contributed by atoms with Crippen LogP contribution in [0.25, 0.3) is 5.69 Å². The van der Waals surface area contributed by atoms with E-state index in [2.05, 4.69) is 15.7 Å². The Balaban J connectivity index is 1.68. The van der Waals surface area contributed by atoms with Crippen LogP contribution < -0.4 is 25.7 Å². The summed E-state index contributed by atoms with van der Waals surface area (Å²) >= 11 is 0. The SMILES string of the molecule is COc1ccc(-n2ncc(Oc3cccc(C)c3)c(Nc3ccc(C(=O)NCC(C)C)cc3)c2=O)cc1. The van der Waals surface area contributed by atoms with Crippen LogP contribution in [0.1, 0.15) is 29.8 Å². The Morgan fingerprint density at radius 3 is 2.38 bits per heavy atom. The summed E-state index contributed by atoms with van der Waals surface area (Å²) in [5.74, 6) is 1.75. The molecule has 0 radical (unpaired) electrons. The van der Waals surface area contributed by atoms with E-state index in [0.717, 1.165) is 5.56 Å². The van der Waals surface area contributed by atoms with Crippen molar-refractivity contribution in [3.63, 3.8) is 0 Å². The van der Waals surface area contributed by atoms with Gasteiger partial charge in [0.05, 0.1) is 19.0 Å². The van der Waals surface area contributed by atoms with Crippen molar-refractivity contribution < 1.29 is 14.3 Å². The van der Waals surface area contributed by atoms with Gasteiger partial charge in [-0.15, -0.1) is 0 Å². The number of rotatable bonds is 9. The molecule has 1 heterocycles. The summed E-state index contributed by atoms with van der Waals surface area (Å²) in [4.78, 5) is 26.0. The quantitative estimate of drug-likeness (QED) is 0.318. The highest BCUT2D eigenvalue weighted by Crippen LogP contribution is 2.29. The van der Waals surface area contributed by atoms with Crippen LogP contribution in [0.2, 0.25) is 0 Å². The highest BCUT2D eigenvalue weighted by molar-refractivity contribution is 5.94. The first kappa shape index (κ1) is 25.5. The number of aryl methyl sites for hydroxylation is 1. The maximum absolute atomic E-state index is 13.6. The molecule has 0 unspecified atom stereocenters. The monoisotopic (exact) mass is 498 g/mol. The number of benzene rings is 3. The third-order valence-corrected chi connectivity index (χ3v) is 5.56. The Morgan fingerprint density at radius 1 is 1.00 bits per heavy atom. The van der Waals surface area contributed by atoms with Gasteiger partial charge in [-0.05, 0) is 79.1 Å². The highest BCUT2D eigenvalue weighted by Gasteiger charge is 2.16. The number of aromatic nitrogens is 2. The third-order valence-electron chi connectivity index (χ3n) is 5.56. The fraction of sp³-hybridized carbons (Fsp3) is 0.207. The average molecular weight is 499 g/mol. The van der Waals surface area contributed by atoms with E-state index in [4.69, 9.17) is 9.47 Å². The van der Waals surface area contributed by atoms with Gasteiger partial charge in [-0.25, -0.2) is 0 Å². The summed E-state index contributed by atoms with van der Waals surface area (Å²) in [6.45, 7) is 6.64. The lowest BCUT2D eigenvalue weighted by Gasteiger charge is -2.15. The van der Waals surface area contributed by atoms with Crippen LogP contribution in [0.15, 0.2) is 83.8 Å². The molecule has 2 N–H and O–H groups in total. The van der Waals surface area contributed by atoms with Crippen LogP contribution in [0.4, 0.5) is 11.4 Å². The van der Waals surface area contributed by atoms with E-state index in [9.17, 15) is 9.59 Å². The van der Waals surface area contributed by atoms with Gasteiger partial charge in [-0.2, -0.15) is 9.78 Å². The van der Waals surface area contributed by atoms with E-state index in [-0.39, 0.29) is 17.3 Å². The van der Waals surface area contributed by atoms with E-state index in [0.29, 0.717) is 40.9 Å². The molecule has 0 bridgehead atoms. The van der Waals surface area contributed by atoms with Crippen molar-refractivity contribution in [2.45, 2.75) is 20.8 Å². The molecule has 0 aliphatic carbocycles. The number of ether oxygens (including phenoxy) is 2. The second kappa shape index (κ2) is 11.4. The predicted octanol–water partition coefficient (Wildman–Crippen LogP) is 5.47. The summed E-state index contributed by atoms with van der Waals surface area (Å²) in [5.41, 5.74) is 2.58. The van der Waals surface area contributed by atoms with Gasteiger partial charge >= 0.3 is 0 Å². The molecular formula is C29H30N4O4. The van der Waals surface area contributed by atoms with Crippen molar-refractivity contribution >= 4 is 17.3 Å². The molecule has 0 saturated carbocycles. The number of carbonyl (C=O) groups is 1. The van der Waals surface area contributed by atoms with Crippen molar-refractivity contribution in [3.05, 3.63) is 100 Å². The van der Waals surface area contributed by atoms with E-state index >= 15 is 0 Å². The van der Waals surface area contributed by atoms with E-state index in [1.807, 2.05) is 45.0 Å². The van der Waals surface area contributed by atoms with Gasteiger partial charge in [-0.1, -0.05) is 26.0 Å². The van der Waals surface area contributed by atoms with Crippen molar-refractivity contribution in [1.82, 2.24) is 15.1 Å². The Hall–Kier alpha value is -4.59. The molecule has 0 spiro atoms. The smallest absolute Gasteiger partial charge is 0.299 e. The van der Waals surface area contributed by atoms with Crippen molar-refractivity contribution in [3.8, 4) is 22.9 Å². The number of hydrogen-bond acceptors (Lipinski definition) is 6. The van der Waals surface area contributed by atoms with Gasteiger partial charge in [0.25, 0.3) is 11.5 Å². The van der Waals surface area contributed by atoms with Gasteiger partial charge in [0.15, 0.2) is 11.4 Å². The number of nitrogens with one attached hydrogen (secondary N) is 2. The first-order valence-electron chi connectivity index (χ1n) is 12.0. The van der Waals surface area contributed by atoms with Crippen LogP contribution in [-0.4, -0.2) is 29.3 Å². The zero-order chi connectivity index (χ0) is 26.4. The Kier molecular flexibility index (Phi) is 7.88. The highest BCUT2D eigenvalue weighted by atomic mass is 16.5. The summed E-state index contributed by atoms with van der Waals surface area (Å²) in [6.07, 6.45) is 1.50. The molecule has 8 nitrogen and oxygen atoms in total. The van der Waals surface area contributed by atoms with E-state index < -0.39 is 5.56 Å². The molecule has 190 valence electrons. The van der Waals surface area contributed by atoms with Gasteiger partial charge in [0.1, 0.15) is 11.5 Å². The minimum Gasteiger partial charge on any atom is -0.497 e. The lowest BCUT2D eigenvalue weighted by atomic mass is 10.1. The third kappa shape index (κ3) is 6.35. The number of methoxy groups -OCH3 is 1. The molecule has 4 rings (SSSR count). The van der Waals surface area contributed by atoms with Crippen molar-refractivity contribution in [1.29, 1.82) is 0 Å². The Labute approximate surface area is 215 Å². The minimum atomic E-state index is -0.394.